The van der Waals surface area contributed by atoms with E-state index < -0.39 is 24.5 Å². The van der Waals surface area contributed by atoms with Gasteiger partial charge in [-0.25, -0.2) is 9.59 Å². The Bertz CT molecular complexity index is 519. The van der Waals surface area contributed by atoms with E-state index in [0.717, 1.165) is 50.9 Å². The van der Waals surface area contributed by atoms with Crippen LogP contribution in [0.15, 0.2) is 0 Å². The van der Waals surface area contributed by atoms with Crippen molar-refractivity contribution < 1.29 is 28.5 Å². The molecule has 0 spiro atoms. The third kappa shape index (κ3) is 17.0. The molecule has 1 aliphatic carbocycles. The van der Waals surface area contributed by atoms with Crippen molar-refractivity contribution in [2.75, 3.05) is 13.2 Å². The first kappa shape index (κ1) is 30.6. The zero-order valence-corrected chi connectivity index (χ0v) is 22.5. The van der Waals surface area contributed by atoms with Crippen LogP contribution in [-0.2, 0) is 18.9 Å². The molecule has 0 radical (unpaired) electrons. The van der Waals surface area contributed by atoms with E-state index in [0.29, 0.717) is 32.0 Å². The molecule has 0 aromatic rings. The van der Waals surface area contributed by atoms with Gasteiger partial charge in [0, 0.05) is 0 Å². The van der Waals surface area contributed by atoms with Crippen LogP contribution in [0.3, 0.4) is 0 Å². The van der Waals surface area contributed by atoms with Crippen molar-refractivity contribution in [1.82, 2.24) is 0 Å². The van der Waals surface area contributed by atoms with Gasteiger partial charge in [0.15, 0.2) is 0 Å². The van der Waals surface area contributed by atoms with E-state index in [1.807, 2.05) is 0 Å². The highest BCUT2D eigenvalue weighted by Gasteiger charge is 2.32. The van der Waals surface area contributed by atoms with Crippen LogP contribution in [-0.4, -0.2) is 37.7 Å². The predicted molar refractivity (Wildman–Crippen MR) is 136 cm³/mol. The van der Waals surface area contributed by atoms with Gasteiger partial charge in [0.1, 0.15) is 12.2 Å². The molecule has 1 rings (SSSR count). The lowest BCUT2D eigenvalue weighted by Crippen LogP contribution is -2.38. The average molecular weight is 485 g/mol. The number of hydrogen-bond donors (Lipinski definition) is 0. The van der Waals surface area contributed by atoms with Gasteiger partial charge >= 0.3 is 12.3 Å². The minimum Gasteiger partial charge on any atom is -0.434 e. The van der Waals surface area contributed by atoms with Gasteiger partial charge in [-0.1, -0.05) is 91.9 Å². The molecule has 1 saturated carbocycles. The van der Waals surface area contributed by atoms with Crippen molar-refractivity contribution in [3.63, 3.8) is 0 Å². The Morgan fingerprint density at radius 3 is 1.35 bits per heavy atom. The Labute approximate surface area is 208 Å². The van der Waals surface area contributed by atoms with Gasteiger partial charge in [-0.15, -0.1) is 0 Å². The fraction of sp³-hybridized carbons (Fsp3) is 0.929. The molecule has 1 aliphatic rings. The third-order valence-electron chi connectivity index (χ3n) is 6.43. The second kappa shape index (κ2) is 19.8. The molecule has 0 aliphatic heterocycles. The predicted octanol–water partition coefficient (Wildman–Crippen LogP) is 8.60. The molecule has 0 saturated heterocycles. The van der Waals surface area contributed by atoms with E-state index in [-0.39, 0.29) is 0 Å². The highest BCUT2D eigenvalue weighted by atomic mass is 16.8. The van der Waals surface area contributed by atoms with E-state index >= 15 is 0 Å². The maximum absolute atomic E-state index is 12.1. The SMILES string of the molecule is CC(C)CCCCCCCCCOC(=O)OC1CCCCC1OC(=O)OCCCCCC(C)C. The first-order valence-corrected chi connectivity index (χ1v) is 14.0. The molecule has 0 amide bonds. The zero-order chi connectivity index (χ0) is 25.0. The molecule has 2 atom stereocenters. The summed E-state index contributed by atoms with van der Waals surface area (Å²) in [6.07, 6.45) is 14.9. The number of hydrogen-bond acceptors (Lipinski definition) is 6. The van der Waals surface area contributed by atoms with Gasteiger partial charge in [0.25, 0.3) is 0 Å². The summed E-state index contributed by atoms with van der Waals surface area (Å²) in [5.74, 6) is 1.51. The number of carbonyl (C=O) groups is 2. The molecule has 6 nitrogen and oxygen atoms in total. The normalized spacial score (nSPS) is 18.2. The van der Waals surface area contributed by atoms with Gasteiger partial charge in [-0.3, -0.25) is 0 Å². The lowest BCUT2D eigenvalue weighted by molar-refractivity contribution is -0.0713. The summed E-state index contributed by atoms with van der Waals surface area (Å²) in [6.45, 7) is 9.72. The Morgan fingerprint density at radius 2 is 0.941 bits per heavy atom. The van der Waals surface area contributed by atoms with Crippen molar-refractivity contribution >= 4 is 12.3 Å². The third-order valence-corrected chi connectivity index (χ3v) is 6.43. The minimum atomic E-state index is -0.665. The molecule has 34 heavy (non-hydrogen) atoms. The van der Waals surface area contributed by atoms with Gasteiger partial charge in [0.05, 0.1) is 13.2 Å². The Morgan fingerprint density at radius 1 is 0.588 bits per heavy atom. The first-order chi connectivity index (χ1) is 16.4. The first-order valence-electron chi connectivity index (χ1n) is 14.0. The quantitative estimate of drug-likeness (QED) is 0.143. The van der Waals surface area contributed by atoms with E-state index in [1.165, 1.54) is 44.9 Å². The summed E-state index contributed by atoms with van der Waals surface area (Å²) < 4.78 is 21.4. The van der Waals surface area contributed by atoms with Crippen LogP contribution in [0.4, 0.5) is 9.59 Å². The molecular formula is C28H52O6. The molecule has 0 heterocycles. The Balaban J connectivity index is 2.11. The molecule has 2 unspecified atom stereocenters. The van der Waals surface area contributed by atoms with Crippen molar-refractivity contribution in [2.45, 2.75) is 143 Å². The molecule has 6 heteroatoms. The topological polar surface area (TPSA) is 71.1 Å². The van der Waals surface area contributed by atoms with Crippen molar-refractivity contribution in [2.24, 2.45) is 11.8 Å². The highest BCUT2D eigenvalue weighted by molar-refractivity contribution is 5.61. The lowest BCUT2D eigenvalue weighted by Gasteiger charge is -2.29. The minimum absolute atomic E-state index is 0.370. The largest absolute Gasteiger partial charge is 0.508 e. The molecule has 0 N–H and O–H groups in total. The van der Waals surface area contributed by atoms with Gasteiger partial charge in [-0.2, -0.15) is 0 Å². The maximum Gasteiger partial charge on any atom is 0.508 e. The van der Waals surface area contributed by atoms with Crippen LogP contribution in [0.25, 0.3) is 0 Å². The molecular weight excluding hydrogens is 432 g/mol. The molecule has 200 valence electrons. The van der Waals surface area contributed by atoms with Crippen LogP contribution < -0.4 is 0 Å². The highest BCUT2D eigenvalue weighted by Crippen LogP contribution is 2.25. The smallest absolute Gasteiger partial charge is 0.434 e. The summed E-state index contributed by atoms with van der Waals surface area (Å²) >= 11 is 0. The summed E-state index contributed by atoms with van der Waals surface area (Å²) in [5, 5.41) is 0. The van der Waals surface area contributed by atoms with E-state index in [2.05, 4.69) is 27.7 Å². The van der Waals surface area contributed by atoms with Gasteiger partial charge < -0.3 is 18.9 Å². The number of carbonyl (C=O) groups excluding carboxylic acids is 2. The van der Waals surface area contributed by atoms with Crippen molar-refractivity contribution in [3.05, 3.63) is 0 Å². The van der Waals surface area contributed by atoms with Crippen LogP contribution in [0.2, 0.25) is 0 Å². The number of rotatable bonds is 18. The summed E-state index contributed by atoms with van der Waals surface area (Å²) in [7, 11) is 0. The summed E-state index contributed by atoms with van der Waals surface area (Å²) in [4.78, 5) is 24.2. The molecule has 1 fully saturated rings. The molecule has 0 aromatic heterocycles. The molecule has 0 aromatic carbocycles. The summed E-state index contributed by atoms with van der Waals surface area (Å²) in [5.41, 5.74) is 0. The Hall–Kier alpha value is -1.46. The Kier molecular flexibility index (Phi) is 17.8. The van der Waals surface area contributed by atoms with Gasteiger partial charge in [-0.05, 0) is 50.4 Å². The molecule has 0 bridgehead atoms. The number of ether oxygens (including phenoxy) is 4. The monoisotopic (exact) mass is 484 g/mol. The van der Waals surface area contributed by atoms with Crippen LogP contribution in [0.1, 0.15) is 130 Å². The fourth-order valence-electron chi connectivity index (χ4n) is 4.33. The van der Waals surface area contributed by atoms with Crippen molar-refractivity contribution in [3.8, 4) is 0 Å². The van der Waals surface area contributed by atoms with E-state index in [4.69, 9.17) is 18.9 Å². The van der Waals surface area contributed by atoms with Gasteiger partial charge in [0.2, 0.25) is 0 Å². The van der Waals surface area contributed by atoms with E-state index in [9.17, 15) is 9.59 Å². The number of unbranched alkanes of at least 4 members (excludes halogenated alkanes) is 8. The zero-order valence-electron chi connectivity index (χ0n) is 22.5. The maximum atomic E-state index is 12.1. The summed E-state index contributed by atoms with van der Waals surface area (Å²) in [6, 6.07) is 0. The standard InChI is InChI=1S/C28H52O6/c1-23(2)17-11-8-6-5-7-9-15-21-31-27(29)33-25-19-13-14-20-26(25)34-28(30)32-22-16-10-12-18-24(3)4/h23-26H,5-22H2,1-4H3. The van der Waals surface area contributed by atoms with Crippen LogP contribution >= 0.6 is 0 Å². The fourth-order valence-corrected chi connectivity index (χ4v) is 4.33. The van der Waals surface area contributed by atoms with E-state index in [1.54, 1.807) is 0 Å². The second-order valence-corrected chi connectivity index (χ2v) is 10.7. The lowest BCUT2D eigenvalue weighted by atomic mass is 9.95. The second-order valence-electron chi connectivity index (χ2n) is 10.7. The average Bonchev–Trinajstić information content (AvgIpc) is 2.78. The van der Waals surface area contributed by atoms with Crippen molar-refractivity contribution in [1.29, 1.82) is 0 Å². The van der Waals surface area contributed by atoms with Crippen LogP contribution in [0, 0.1) is 11.8 Å². The van der Waals surface area contributed by atoms with Crippen LogP contribution in [0.5, 0.6) is 0 Å².